The zero-order valence-corrected chi connectivity index (χ0v) is 15.8. The molecule has 0 amide bonds. The second-order valence-electron chi connectivity index (χ2n) is 6.33. The van der Waals surface area contributed by atoms with Crippen LogP contribution in [0.5, 0.6) is 0 Å². The van der Waals surface area contributed by atoms with Gasteiger partial charge in [0.1, 0.15) is 10.1 Å². The Labute approximate surface area is 149 Å². The van der Waals surface area contributed by atoms with Gasteiger partial charge in [0.15, 0.2) is 5.16 Å². The highest BCUT2D eigenvalue weighted by Gasteiger charge is 2.24. The predicted molar refractivity (Wildman–Crippen MR) is 98.0 cm³/mol. The first kappa shape index (κ1) is 17.5. The van der Waals surface area contributed by atoms with Crippen molar-refractivity contribution in [2.45, 2.75) is 56.9 Å². The molecule has 24 heavy (non-hydrogen) atoms. The molecule has 0 saturated carbocycles. The number of hydrogen-bond donors (Lipinski definition) is 1. The molecule has 2 aromatic heterocycles. The Hall–Kier alpha value is -1.34. The number of hydrogen-bond acceptors (Lipinski definition) is 6. The van der Waals surface area contributed by atoms with Crippen LogP contribution in [0.2, 0.25) is 0 Å². The van der Waals surface area contributed by atoms with Gasteiger partial charge in [0.2, 0.25) is 0 Å². The van der Waals surface area contributed by atoms with Gasteiger partial charge in [-0.15, -0.1) is 11.3 Å². The monoisotopic (exact) mass is 366 g/mol. The smallest absolute Gasteiger partial charge is 0.319 e. The SMILES string of the molecule is CCCOC(=O)[C@@H](C)Sc1nc2sc3c(c2c(=O)[nH]1)CC[C@H](C)C3. The number of aromatic amines is 1. The normalized spacial score (nSPS) is 18.4. The fourth-order valence-corrected chi connectivity index (χ4v) is 5.16. The Bertz CT molecular complexity index is 812. The lowest BCUT2D eigenvalue weighted by Gasteiger charge is -2.17. The van der Waals surface area contributed by atoms with Gasteiger partial charge in [-0.1, -0.05) is 25.6 Å². The highest BCUT2D eigenvalue weighted by Crippen LogP contribution is 2.36. The Morgan fingerprint density at radius 2 is 2.33 bits per heavy atom. The molecule has 0 saturated heterocycles. The van der Waals surface area contributed by atoms with Gasteiger partial charge in [0.05, 0.1) is 12.0 Å². The number of rotatable bonds is 5. The Morgan fingerprint density at radius 3 is 3.08 bits per heavy atom. The summed E-state index contributed by atoms with van der Waals surface area (Å²) in [5, 5.41) is 0.833. The summed E-state index contributed by atoms with van der Waals surface area (Å²) in [4.78, 5) is 33.9. The van der Waals surface area contributed by atoms with E-state index in [0.717, 1.165) is 35.9 Å². The van der Waals surface area contributed by atoms with Crippen molar-refractivity contribution in [3.63, 3.8) is 0 Å². The molecular formula is C17H22N2O3S2. The third-order valence-electron chi connectivity index (χ3n) is 4.21. The molecule has 0 aromatic carbocycles. The number of esters is 1. The van der Waals surface area contributed by atoms with Crippen LogP contribution < -0.4 is 5.56 Å². The van der Waals surface area contributed by atoms with Crippen molar-refractivity contribution >= 4 is 39.3 Å². The first-order valence-corrected chi connectivity index (χ1v) is 10.1. The van der Waals surface area contributed by atoms with Gasteiger partial charge in [-0.25, -0.2) is 4.98 Å². The number of thiophene rings is 1. The van der Waals surface area contributed by atoms with E-state index in [-0.39, 0.29) is 11.5 Å². The molecule has 0 spiro atoms. The van der Waals surface area contributed by atoms with Crippen molar-refractivity contribution < 1.29 is 9.53 Å². The molecule has 5 nitrogen and oxygen atoms in total. The highest BCUT2D eigenvalue weighted by atomic mass is 32.2. The fraction of sp³-hybridized carbons (Fsp3) is 0.588. The number of H-pyrrole nitrogens is 1. The molecule has 3 rings (SSSR count). The van der Waals surface area contributed by atoms with Crippen LogP contribution in [0.1, 0.15) is 44.1 Å². The molecule has 0 fully saturated rings. The molecule has 0 unspecified atom stereocenters. The third kappa shape index (κ3) is 3.52. The van der Waals surface area contributed by atoms with Crippen LogP contribution in [0.3, 0.4) is 0 Å². The summed E-state index contributed by atoms with van der Waals surface area (Å²) in [6.45, 7) is 6.39. The number of thioether (sulfide) groups is 1. The van der Waals surface area contributed by atoms with Crippen molar-refractivity contribution in [1.29, 1.82) is 0 Å². The molecule has 0 bridgehead atoms. The molecule has 2 atom stereocenters. The molecule has 130 valence electrons. The topological polar surface area (TPSA) is 72.0 Å². The summed E-state index contributed by atoms with van der Waals surface area (Å²) in [5.74, 6) is 0.385. The summed E-state index contributed by atoms with van der Waals surface area (Å²) in [7, 11) is 0. The summed E-state index contributed by atoms with van der Waals surface area (Å²) in [5.41, 5.74) is 1.08. The van der Waals surface area contributed by atoms with Gasteiger partial charge < -0.3 is 9.72 Å². The first-order chi connectivity index (χ1) is 11.5. The maximum Gasteiger partial charge on any atom is 0.319 e. The van der Waals surface area contributed by atoms with E-state index in [0.29, 0.717) is 17.7 Å². The average Bonchev–Trinajstić information content (AvgIpc) is 2.89. The maximum atomic E-state index is 12.5. The molecule has 2 aromatic rings. The van der Waals surface area contributed by atoms with Crippen LogP contribution in [-0.4, -0.2) is 27.8 Å². The number of aryl methyl sites for hydroxylation is 1. The molecule has 2 heterocycles. The Kier molecular flexibility index (Phi) is 5.30. The molecular weight excluding hydrogens is 344 g/mol. The molecule has 7 heteroatoms. The molecule has 1 aliphatic carbocycles. The van der Waals surface area contributed by atoms with Gasteiger partial charge in [-0.05, 0) is 44.1 Å². The number of nitrogens with zero attached hydrogens (tertiary/aromatic N) is 1. The first-order valence-electron chi connectivity index (χ1n) is 8.37. The number of aromatic nitrogens is 2. The zero-order valence-electron chi connectivity index (χ0n) is 14.2. The standard InChI is InChI=1S/C17H22N2O3S2/c1-4-7-22-16(21)10(3)23-17-18-14(20)13-11-6-5-9(2)8-12(11)24-15(13)19-17/h9-10H,4-8H2,1-3H3,(H,18,19,20)/t9-,10+/m0/s1. The van der Waals surface area contributed by atoms with Crippen LogP contribution in [0.15, 0.2) is 9.95 Å². The van der Waals surface area contributed by atoms with E-state index in [4.69, 9.17) is 4.74 Å². The van der Waals surface area contributed by atoms with Gasteiger partial charge in [-0.3, -0.25) is 9.59 Å². The Morgan fingerprint density at radius 1 is 1.54 bits per heavy atom. The summed E-state index contributed by atoms with van der Waals surface area (Å²) in [6, 6.07) is 0. The molecule has 1 aliphatic rings. The van der Waals surface area contributed by atoms with Crippen molar-refractivity contribution in [2.24, 2.45) is 5.92 Å². The number of ether oxygens (including phenoxy) is 1. The quantitative estimate of drug-likeness (QED) is 0.498. The van der Waals surface area contributed by atoms with Crippen molar-refractivity contribution in [1.82, 2.24) is 9.97 Å². The third-order valence-corrected chi connectivity index (χ3v) is 6.32. The van der Waals surface area contributed by atoms with E-state index in [1.165, 1.54) is 22.2 Å². The largest absolute Gasteiger partial charge is 0.465 e. The van der Waals surface area contributed by atoms with E-state index in [9.17, 15) is 9.59 Å². The minimum absolute atomic E-state index is 0.0938. The van der Waals surface area contributed by atoms with Gasteiger partial charge in [0.25, 0.3) is 5.56 Å². The molecule has 0 aliphatic heterocycles. The fourth-order valence-electron chi connectivity index (χ4n) is 2.92. The van der Waals surface area contributed by atoms with Gasteiger partial charge in [0, 0.05) is 4.88 Å². The predicted octanol–water partition coefficient (Wildman–Crippen LogP) is 3.54. The zero-order chi connectivity index (χ0) is 17.3. The maximum absolute atomic E-state index is 12.5. The summed E-state index contributed by atoms with van der Waals surface area (Å²) in [6.07, 6.45) is 3.89. The van der Waals surface area contributed by atoms with E-state index in [2.05, 4.69) is 16.9 Å². The minimum atomic E-state index is -0.397. The van der Waals surface area contributed by atoms with Crippen molar-refractivity contribution in [2.75, 3.05) is 6.61 Å². The second-order valence-corrected chi connectivity index (χ2v) is 8.74. The number of carbonyl (C=O) groups excluding carboxylic acids is 1. The van der Waals surface area contributed by atoms with Crippen molar-refractivity contribution in [3.05, 3.63) is 20.8 Å². The van der Waals surface area contributed by atoms with Gasteiger partial charge in [-0.2, -0.15) is 0 Å². The average molecular weight is 367 g/mol. The second kappa shape index (κ2) is 7.27. The van der Waals surface area contributed by atoms with Gasteiger partial charge >= 0.3 is 5.97 Å². The van der Waals surface area contributed by atoms with Crippen LogP contribution in [0, 0.1) is 5.92 Å². The minimum Gasteiger partial charge on any atom is -0.465 e. The lowest BCUT2D eigenvalue weighted by atomic mass is 9.89. The lowest BCUT2D eigenvalue weighted by Crippen LogP contribution is -2.19. The number of carbonyl (C=O) groups is 1. The van der Waals surface area contributed by atoms with E-state index < -0.39 is 5.25 Å². The van der Waals surface area contributed by atoms with E-state index >= 15 is 0 Å². The molecule has 0 radical (unpaired) electrons. The van der Waals surface area contributed by atoms with E-state index in [1.54, 1.807) is 18.3 Å². The van der Waals surface area contributed by atoms with Crippen LogP contribution in [0.25, 0.3) is 10.2 Å². The van der Waals surface area contributed by atoms with Crippen molar-refractivity contribution in [3.8, 4) is 0 Å². The molecule has 1 N–H and O–H groups in total. The van der Waals surface area contributed by atoms with Crippen LogP contribution in [0.4, 0.5) is 0 Å². The van der Waals surface area contributed by atoms with Crippen LogP contribution >= 0.6 is 23.1 Å². The Balaban J connectivity index is 1.86. The highest BCUT2D eigenvalue weighted by molar-refractivity contribution is 8.00. The lowest BCUT2D eigenvalue weighted by molar-refractivity contribution is -0.142. The van der Waals surface area contributed by atoms with Crippen LogP contribution in [-0.2, 0) is 22.4 Å². The van der Waals surface area contributed by atoms with E-state index in [1.807, 2.05) is 6.92 Å². The summed E-state index contributed by atoms with van der Waals surface area (Å²) < 4.78 is 5.14. The number of fused-ring (bicyclic) bond motifs is 3. The summed E-state index contributed by atoms with van der Waals surface area (Å²) >= 11 is 2.86. The number of nitrogens with one attached hydrogen (secondary N) is 1.